The number of carbonyl (C=O) groups excluding carboxylic acids is 2. The number of carbonyl (C=O) groups is 2. The summed E-state index contributed by atoms with van der Waals surface area (Å²) in [6.45, 7) is 0. The normalized spacial score (nSPS) is 9.96. The van der Waals surface area contributed by atoms with Crippen molar-refractivity contribution in [1.29, 1.82) is 0 Å². The summed E-state index contributed by atoms with van der Waals surface area (Å²) < 4.78 is 15.8. The third kappa shape index (κ3) is 4.85. The van der Waals surface area contributed by atoms with Crippen LogP contribution in [0.15, 0.2) is 36.7 Å². The summed E-state index contributed by atoms with van der Waals surface area (Å²) in [6.07, 6.45) is 3.58. The molecule has 2 aromatic rings. The molecular formula is C18H21N3O5. The van der Waals surface area contributed by atoms with Crippen molar-refractivity contribution in [3.8, 4) is 17.2 Å². The van der Waals surface area contributed by atoms with Crippen LogP contribution in [0.2, 0.25) is 0 Å². The molecule has 8 heteroatoms. The number of aromatic nitrogens is 1. The van der Waals surface area contributed by atoms with E-state index in [-0.39, 0.29) is 12.3 Å². The Morgan fingerprint density at radius 2 is 1.73 bits per heavy atom. The highest BCUT2D eigenvalue weighted by Crippen LogP contribution is 2.38. The fourth-order valence-corrected chi connectivity index (χ4v) is 2.30. The lowest BCUT2D eigenvalue weighted by Crippen LogP contribution is -2.41. The van der Waals surface area contributed by atoms with Crippen LogP contribution in [0.1, 0.15) is 22.3 Å². The topological polar surface area (TPSA) is 98.8 Å². The third-order valence-corrected chi connectivity index (χ3v) is 3.60. The molecule has 0 unspecified atom stereocenters. The van der Waals surface area contributed by atoms with Crippen molar-refractivity contribution in [3.63, 3.8) is 0 Å². The molecule has 0 atom stereocenters. The number of nitrogens with one attached hydrogen (secondary N) is 2. The number of ether oxygens (including phenoxy) is 3. The number of amides is 2. The van der Waals surface area contributed by atoms with E-state index in [0.29, 0.717) is 29.2 Å². The standard InChI is InChI=1S/C18H21N3O5/c1-24-14-9-12(10-15(25-2)17(14)26-3)6-7-16(22)20-21-18(23)13-5-4-8-19-11-13/h4-5,8-11H,6-7H2,1-3H3,(H,20,22)(H,21,23). The van der Waals surface area contributed by atoms with Crippen LogP contribution in [-0.2, 0) is 11.2 Å². The van der Waals surface area contributed by atoms with Crippen molar-refractivity contribution < 1.29 is 23.8 Å². The first-order chi connectivity index (χ1) is 12.6. The zero-order valence-corrected chi connectivity index (χ0v) is 14.9. The number of benzene rings is 1. The zero-order chi connectivity index (χ0) is 18.9. The fraction of sp³-hybridized carbons (Fsp3) is 0.278. The largest absolute Gasteiger partial charge is 0.493 e. The summed E-state index contributed by atoms with van der Waals surface area (Å²) in [5.74, 6) is 0.779. The molecule has 8 nitrogen and oxygen atoms in total. The summed E-state index contributed by atoms with van der Waals surface area (Å²) in [6, 6.07) is 6.80. The van der Waals surface area contributed by atoms with Crippen LogP contribution in [0, 0.1) is 0 Å². The summed E-state index contributed by atoms with van der Waals surface area (Å²) in [5, 5.41) is 0. The Bertz CT molecular complexity index is 740. The van der Waals surface area contributed by atoms with Crippen LogP contribution in [0.3, 0.4) is 0 Å². The molecule has 0 aliphatic rings. The molecule has 26 heavy (non-hydrogen) atoms. The lowest BCUT2D eigenvalue weighted by molar-refractivity contribution is -0.121. The number of hydrogen-bond donors (Lipinski definition) is 2. The van der Waals surface area contributed by atoms with Gasteiger partial charge in [-0.05, 0) is 36.2 Å². The third-order valence-electron chi connectivity index (χ3n) is 3.60. The number of hydrazine groups is 1. The van der Waals surface area contributed by atoms with E-state index in [4.69, 9.17) is 14.2 Å². The lowest BCUT2D eigenvalue weighted by atomic mass is 10.1. The summed E-state index contributed by atoms with van der Waals surface area (Å²) in [7, 11) is 4.59. The Hall–Kier alpha value is -3.29. The van der Waals surface area contributed by atoms with Crippen molar-refractivity contribution in [2.75, 3.05) is 21.3 Å². The maximum Gasteiger partial charge on any atom is 0.271 e. The van der Waals surface area contributed by atoms with Gasteiger partial charge in [0.2, 0.25) is 11.7 Å². The lowest BCUT2D eigenvalue weighted by Gasteiger charge is -2.14. The van der Waals surface area contributed by atoms with Gasteiger partial charge in [0.05, 0.1) is 26.9 Å². The van der Waals surface area contributed by atoms with E-state index < -0.39 is 5.91 Å². The van der Waals surface area contributed by atoms with E-state index in [9.17, 15) is 9.59 Å². The van der Waals surface area contributed by atoms with Gasteiger partial charge in [0.15, 0.2) is 11.5 Å². The van der Waals surface area contributed by atoms with Gasteiger partial charge in [-0.3, -0.25) is 25.4 Å². The molecule has 2 N–H and O–H groups in total. The molecule has 1 heterocycles. The Balaban J connectivity index is 1.92. The molecule has 0 fully saturated rings. The van der Waals surface area contributed by atoms with Gasteiger partial charge >= 0.3 is 0 Å². The molecule has 1 aromatic heterocycles. The second kappa shape index (κ2) is 9.26. The zero-order valence-electron chi connectivity index (χ0n) is 14.9. The van der Waals surface area contributed by atoms with Crippen molar-refractivity contribution in [2.24, 2.45) is 0 Å². The van der Waals surface area contributed by atoms with Gasteiger partial charge in [-0.2, -0.15) is 0 Å². The Morgan fingerprint density at radius 1 is 1.04 bits per heavy atom. The van der Waals surface area contributed by atoms with Crippen molar-refractivity contribution in [1.82, 2.24) is 15.8 Å². The minimum atomic E-state index is -0.431. The summed E-state index contributed by atoms with van der Waals surface area (Å²) in [5.41, 5.74) is 5.93. The van der Waals surface area contributed by atoms with Gasteiger partial charge in [0.1, 0.15) is 0 Å². The highest BCUT2D eigenvalue weighted by molar-refractivity contribution is 5.95. The number of rotatable bonds is 7. The Morgan fingerprint density at radius 3 is 2.27 bits per heavy atom. The predicted octanol–water partition coefficient (Wildman–Crippen LogP) is 1.50. The molecule has 0 spiro atoms. The first kappa shape index (κ1) is 19.0. The van der Waals surface area contributed by atoms with E-state index in [0.717, 1.165) is 5.56 Å². The van der Waals surface area contributed by atoms with E-state index in [1.807, 2.05) is 0 Å². The molecule has 138 valence electrons. The molecule has 0 saturated carbocycles. The van der Waals surface area contributed by atoms with Crippen molar-refractivity contribution in [2.45, 2.75) is 12.8 Å². The molecule has 0 radical (unpaired) electrons. The van der Waals surface area contributed by atoms with Gasteiger partial charge in [-0.15, -0.1) is 0 Å². The molecular weight excluding hydrogens is 338 g/mol. The number of hydrogen-bond acceptors (Lipinski definition) is 6. The Kier molecular flexibility index (Phi) is 6.78. The SMILES string of the molecule is COc1cc(CCC(=O)NNC(=O)c2cccnc2)cc(OC)c1OC. The number of methoxy groups -OCH3 is 3. The second-order valence-corrected chi connectivity index (χ2v) is 5.28. The predicted molar refractivity (Wildman–Crippen MR) is 94.3 cm³/mol. The maximum absolute atomic E-state index is 12.0. The first-order valence-electron chi connectivity index (χ1n) is 7.87. The van der Waals surface area contributed by atoms with Crippen LogP contribution >= 0.6 is 0 Å². The highest BCUT2D eigenvalue weighted by Gasteiger charge is 2.14. The van der Waals surface area contributed by atoms with Crippen molar-refractivity contribution in [3.05, 3.63) is 47.8 Å². The quantitative estimate of drug-likeness (QED) is 0.727. The van der Waals surface area contributed by atoms with Gasteiger partial charge < -0.3 is 14.2 Å². The molecule has 1 aromatic carbocycles. The van der Waals surface area contributed by atoms with E-state index in [2.05, 4.69) is 15.8 Å². The van der Waals surface area contributed by atoms with Gasteiger partial charge in [-0.1, -0.05) is 0 Å². The van der Waals surface area contributed by atoms with E-state index in [1.165, 1.54) is 27.5 Å². The molecule has 0 aliphatic heterocycles. The monoisotopic (exact) mass is 359 g/mol. The number of pyridine rings is 1. The second-order valence-electron chi connectivity index (χ2n) is 5.28. The first-order valence-corrected chi connectivity index (χ1v) is 7.87. The average Bonchev–Trinajstić information content (AvgIpc) is 2.69. The van der Waals surface area contributed by atoms with Crippen LogP contribution in [0.5, 0.6) is 17.2 Å². The van der Waals surface area contributed by atoms with Crippen molar-refractivity contribution >= 4 is 11.8 Å². The fourth-order valence-electron chi connectivity index (χ4n) is 2.30. The molecule has 0 bridgehead atoms. The maximum atomic E-state index is 12.0. The molecule has 2 rings (SSSR count). The smallest absolute Gasteiger partial charge is 0.271 e. The average molecular weight is 359 g/mol. The molecule has 0 saturated heterocycles. The number of nitrogens with zero attached hydrogens (tertiary/aromatic N) is 1. The Labute approximate surface area is 151 Å². The minimum absolute atomic E-state index is 0.173. The van der Waals surface area contributed by atoms with E-state index >= 15 is 0 Å². The van der Waals surface area contributed by atoms with Crippen LogP contribution < -0.4 is 25.1 Å². The van der Waals surface area contributed by atoms with E-state index in [1.54, 1.807) is 30.5 Å². The van der Waals surface area contributed by atoms with Gasteiger partial charge in [0, 0.05) is 18.8 Å². The highest BCUT2D eigenvalue weighted by atomic mass is 16.5. The van der Waals surface area contributed by atoms with Crippen LogP contribution in [0.4, 0.5) is 0 Å². The molecule has 2 amide bonds. The van der Waals surface area contributed by atoms with Gasteiger partial charge in [-0.25, -0.2) is 0 Å². The number of aryl methyl sites for hydroxylation is 1. The molecule has 0 aliphatic carbocycles. The summed E-state index contributed by atoms with van der Waals surface area (Å²) in [4.78, 5) is 27.7. The summed E-state index contributed by atoms with van der Waals surface area (Å²) >= 11 is 0. The van der Waals surface area contributed by atoms with Crippen LogP contribution in [-0.4, -0.2) is 38.1 Å². The van der Waals surface area contributed by atoms with Crippen LogP contribution in [0.25, 0.3) is 0 Å². The van der Waals surface area contributed by atoms with Gasteiger partial charge in [0.25, 0.3) is 5.91 Å². The minimum Gasteiger partial charge on any atom is -0.493 e.